The molecule has 8 nitrogen and oxygen atoms in total. The molecule has 0 fully saturated rings. The van der Waals surface area contributed by atoms with E-state index in [-0.39, 0.29) is 0 Å². The molecule has 184 valence electrons. The maximum absolute atomic E-state index is 13.2. The van der Waals surface area contributed by atoms with Crippen molar-refractivity contribution in [2.45, 2.75) is 0 Å². The average molecular weight is 755 g/mol. The topological polar surface area (TPSA) is 105 Å². The van der Waals surface area contributed by atoms with Gasteiger partial charge in [0.15, 0.2) is 0 Å². The molecular formula is C24H20Ge4O8Si. The Balaban J connectivity index is 1.72. The van der Waals surface area contributed by atoms with Gasteiger partial charge >= 0.3 is 233 Å². The van der Waals surface area contributed by atoms with Gasteiger partial charge in [-0.25, -0.2) is 0 Å². The third-order valence-electron chi connectivity index (χ3n) is 4.91. The summed E-state index contributed by atoms with van der Waals surface area (Å²) in [6.07, 6.45) is 21.0. The first-order valence-electron chi connectivity index (χ1n) is 11.1. The second kappa shape index (κ2) is 13.5. The van der Waals surface area contributed by atoms with Gasteiger partial charge in [0.2, 0.25) is 0 Å². The Morgan fingerprint density at radius 3 is 0.811 bits per heavy atom. The molecule has 4 aliphatic heterocycles. The Bertz CT molecular complexity index is 1190. The summed E-state index contributed by atoms with van der Waals surface area (Å²) < 4.78 is 22.8. The Labute approximate surface area is 231 Å². The van der Waals surface area contributed by atoms with E-state index in [4.69, 9.17) is 17.7 Å². The van der Waals surface area contributed by atoms with Gasteiger partial charge in [-0.05, 0) is 0 Å². The van der Waals surface area contributed by atoms with Crippen LogP contribution in [0.3, 0.4) is 0 Å². The van der Waals surface area contributed by atoms with Gasteiger partial charge in [0.1, 0.15) is 0 Å². The van der Waals surface area contributed by atoms with E-state index in [0.29, 0.717) is 0 Å². The third kappa shape index (κ3) is 7.83. The minimum absolute atomic E-state index is 0.685. The first-order chi connectivity index (χ1) is 18.0. The van der Waals surface area contributed by atoms with Gasteiger partial charge in [-0.1, -0.05) is 0 Å². The minimum atomic E-state index is -4.93. The fourth-order valence-corrected chi connectivity index (χ4v) is 19.4. The van der Waals surface area contributed by atoms with E-state index in [1.165, 1.54) is 0 Å². The molecule has 0 spiro atoms. The Morgan fingerprint density at radius 2 is 0.622 bits per heavy atom. The molecule has 0 bridgehead atoms. The predicted molar refractivity (Wildman–Crippen MR) is 152 cm³/mol. The van der Waals surface area contributed by atoms with E-state index in [1.54, 1.807) is 112 Å². The predicted octanol–water partition coefficient (Wildman–Crippen LogP) is 2.47. The quantitative estimate of drug-likeness (QED) is 0.349. The van der Waals surface area contributed by atoms with Crippen molar-refractivity contribution in [3.05, 3.63) is 92.5 Å². The van der Waals surface area contributed by atoms with Crippen molar-refractivity contribution in [3.63, 3.8) is 0 Å². The van der Waals surface area contributed by atoms with Crippen LogP contribution in [0, 0.1) is 0 Å². The van der Waals surface area contributed by atoms with Gasteiger partial charge in [0, 0.05) is 0 Å². The molecule has 0 radical (unpaired) electrons. The average Bonchev–Trinajstić information content (AvgIpc) is 2.94. The van der Waals surface area contributed by atoms with Crippen LogP contribution < -0.4 is 0 Å². The molecule has 4 aliphatic rings. The molecule has 4 heterocycles. The van der Waals surface area contributed by atoms with E-state index in [0.717, 1.165) is 0 Å². The van der Waals surface area contributed by atoms with E-state index < -0.39 is 83.9 Å². The van der Waals surface area contributed by atoms with Crippen molar-refractivity contribution in [2.24, 2.45) is 0 Å². The van der Waals surface area contributed by atoms with Crippen LogP contribution in [0.15, 0.2) is 92.5 Å². The van der Waals surface area contributed by atoms with Gasteiger partial charge in [-0.15, -0.1) is 0 Å². The standard InChI is InChI=1S/C24H20Ge4O8Si/c29-21(25-13-5-1-6-14-25)33-37(34-22(30)26-15-7-2-8-16-26,35-23(31)27-17-9-3-10-18-27)36-24(32)28-19-11-4-12-20-28/h1-20H. The number of hydrogen-bond donors (Lipinski definition) is 0. The monoisotopic (exact) mass is 760 g/mol. The molecule has 0 saturated carbocycles. The van der Waals surface area contributed by atoms with Crippen molar-refractivity contribution in [3.8, 4) is 0 Å². The van der Waals surface area contributed by atoms with Crippen LogP contribution in [0.1, 0.15) is 0 Å². The first-order valence-corrected chi connectivity index (χ1v) is 26.6. The number of hydrogen-bond acceptors (Lipinski definition) is 8. The summed E-state index contributed by atoms with van der Waals surface area (Å²) >= 11 is -10.9. The molecule has 4 rings (SSSR count). The van der Waals surface area contributed by atoms with Crippen molar-refractivity contribution in [2.75, 3.05) is 0 Å². The van der Waals surface area contributed by atoms with Crippen LogP contribution in [0.2, 0.25) is 0 Å². The van der Waals surface area contributed by atoms with E-state index in [2.05, 4.69) is 0 Å². The molecule has 37 heavy (non-hydrogen) atoms. The van der Waals surface area contributed by atoms with E-state index in [1.807, 2.05) is 0 Å². The second-order valence-corrected chi connectivity index (χ2v) is 26.0. The summed E-state index contributed by atoms with van der Waals surface area (Å²) in [5.74, 6) is 0. The molecule has 0 aromatic heterocycles. The zero-order valence-electron chi connectivity index (χ0n) is 19.3. The van der Waals surface area contributed by atoms with Crippen LogP contribution >= 0.6 is 0 Å². The normalized spacial score (nSPS) is 16.9. The molecule has 0 aliphatic carbocycles. The van der Waals surface area contributed by atoms with Crippen molar-refractivity contribution in [1.29, 1.82) is 0 Å². The molecule has 0 N–H and O–H groups in total. The second-order valence-electron chi connectivity index (χ2n) is 7.52. The molecule has 0 aromatic rings. The summed E-state index contributed by atoms with van der Waals surface area (Å²) in [5.41, 5.74) is 0. The van der Waals surface area contributed by atoms with Crippen LogP contribution in [0.4, 0.5) is 19.2 Å². The molecular weight excluding hydrogens is 735 g/mol. The number of allylic oxidation sites excluding steroid dienone is 12. The van der Waals surface area contributed by atoms with Crippen LogP contribution in [-0.4, -0.2) is 103 Å². The zero-order chi connectivity index (χ0) is 26.1. The third-order valence-corrected chi connectivity index (χ3v) is 22.4. The first kappa shape index (κ1) is 27.7. The maximum atomic E-state index is 13.2. The van der Waals surface area contributed by atoms with Crippen molar-refractivity contribution < 1.29 is 36.9 Å². The molecule has 13 heteroatoms. The number of carbonyl (C=O) groups excluding carboxylic acids is 4. The zero-order valence-corrected chi connectivity index (χ0v) is 28.7. The molecule has 0 aromatic carbocycles. The SMILES string of the molecule is O=[C](O[Si](O[C](=O)[Ge]1=[CH]C=CC=[CH]1)(O[C](=O)[Ge]1=[CH]C=CC=[CH]1)O[C](=O)[Ge]1=[CH]C=CC=[CH]1)[Ge]1=[CH]C=CC=[CH]1. The molecule has 0 saturated heterocycles. The van der Waals surface area contributed by atoms with E-state index in [9.17, 15) is 19.2 Å². The fourth-order valence-electron chi connectivity index (χ4n) is 3.11. The van der Waals surface area contributed by atoms with E-state index >= 15 is 0 Å². The van der Waals surface area contributed by atoms with Gasteiger partial charge < -0.3 is 0 Å². The Morgan fingerprint density at radius 1 is 0.378 bits per heavy atom. The Hall–Kier alpha value is -2.33. The summed E-state index contributed by atoms with van der Waals surface area (Å²) in [6.45, 7) is 0. The summed E-state index contributed by atoms with van der Waals surface area (Å²) in [6, 6.07) is 0. The summed E-state index contributed by atoms with van der Waals surface area (Å²) in [5, 5.41) is 0. The molecule has 0 amide bonds. The summed E-state index contributed by atoms with van der Waals surface area (Å²) in [7, 11) is -4.93. The Kier molecular flexibility index (Phi) is 10.1. The number of carbonyl (C=O) groups is 4. The van der Waals surface area contributed by atoms with Gasteiger partial charge in [0.05, 0.1) is 0 Å². The van der Waals surface area contributed by atoms with Gasteiger partial charge in [0.25, 0.3) is 0 Å². The van der Waals surface area contributed by atoms with Crippen LogP contribution in [-0.2, 0) is 17.7 Å². The van der Waals surface area contributed by atoms with Gasteiger partial charge in [-0.3, -0.25) is 0 Å². The van der Waals surface area contributed by atoms with Crippen LogP contribution in [0.25, 0.3) is 0 Å². The van der Waals surface area contributed by atoms with Crippen molar-refractivity contribution >= 4 is 103 Å². The number of rotatable bonds is 8. The fraction of sp³-hybridized carbons (Fsp3) is 0. The molecule has 0 unspecified atom stereocenters. The summed E-state index contributed by atoms with van der Waals surface area (Å²) in [4.78, 5) is 64.1. The van der Waals surface area contributed by atoms with Crippen LogP contribution in [0.5, 0.6) is 0 Å². The van der Waals surface area contributed by atoms with Gasteiger partial charge in [-0.2, -0.15) is 0 Å². The van der Waals surface area contributed by atoms with Crippen molar-refractivity contribution in [1.82, 2.24) is 0 Å². The molecule has 0 atom stereocenters.